The Morgan fingerprint density at radius 2 is 1.72 bits per heavy atom. The molecule has 0 saturated heterocycles. The summed E-state index contributed by atoms with van der Waals surface area (Å²) in [7, 11) is 3.40. The van der Waals surface area contributed by atoms with E-state index in [1.165, 1.54) is 9.75 Å². The van der Waals surface area contributed by atoms with E-state index >= 15 is 0 Å². The van der Waals surface area contributed by atoms with Crippen LogP contribution in [-0.4, -0.2) is 14.2 Å². The molecule has 2 aromatic heterocycles. The Hall–Kier alpha value is -1.52. The van der Waals surface area contributed by atoms with Gasteiger partial charge in [0.15, 0.2) is 0 Å². The van der Waals surface area contributed by atoms with Crippen LogP contribution in [0.2, 0.25) is 0 Å². The van der Waals surface area contributed by atoms with Crippen molar-refractivity contribution in [2.24, 2.45) is 0 Å². The lowest BCUT2D eigenvalue weighted by Gasteiger charge is -2.04. The molecule has 0 atom stereocenters. The van der Waals surface area contributed by atoms with Gasteiger partial charge in [-0.1, -0.05) is 6.07 Å². The summed E-state index contributed by atoms with van der Waals surface area (Å²) in [6.07, 6.45) is 0. The van der Waals surface area contributed by atoms with Crippen LogP contribution in [0.5, 0.6) is 11.5 Å². The van der Waals surface area contributed by atoms with Gasteiger partial charge in [-0.25, -0.2) is 0 Å². The highest BCUT2D eigenvalue weighted by atomic mass is 32.1. The number of thiophene rings is 2. The fraction of sp³-hybridized carbons (Fsp3) is 0.143. The molecule has 0 bridgehead atoms. The van der Waals surface area contributed by atoms with Gasteiger partial charge >= 0.3 is 0 Å². The molecule has 0 aliphatic carbocycles. The van der Waals surface area contributed by atoms with Crippen molar-refractivity contribution in [2.75, 3.05) is 14.2 Å². The summed E-state index contributed by atoms with van der Waals surface area (Å²) in [5, 5.41) is 3.21. The monoisotopic (exact) mass is 276 g/mol. The van der Waals surface area contributed by atoms with Crippen LogP contribution in [0, 0.1) is 0 Å². The molecular formula is C14H12O2S2. The van der Waals surface area contributed by atoms with Crippen LogP contribution in [-0.2, 0) is 0 Å². The van der Waals surface area contributed by atoms with Gasteiger partial charge in [-0.2, -0.15) is 0 Å². The molecule has 2 nitrogen and oxygen atoms in total. The first-order valence-electron chi connectivity index (χ1n) is 5.52. The predicted octanol–water partition coefficient (Wildman–Crippen LogP) is 4.65. The highest BCUT2D eigenvalue weighted by molar-refractivity contribution is 7.26. The van der Waals surface area contributed by atoms with Gasteiger partial charge in [0.1, 0.15) is 11.5 Å². The SMILES string of the molecule is COc1ccc(OC)c2sc(-c3cccs3)cc12. The van der Waals surface area contributed by atoms with Crippen molar-refractivity contribution in [3.05, 3.63) is 35.7 Å². The molecule has 0 saturated carbocycles. The zero-order chi connectivity index (χ0) is 12.5. The largest absolute Gasteiger partial charge is 0.496 e. The van der Waals surface area contributed by atoms with E-state index in [1.54, 1.807) is 36.9 Å². The quantitative estimate of drug-likeness (QED) is 0.693. The molecular weight excluding hydrogens is 264 g/mol. The highest BCUT2D eigenvalue weighted by Gasteiger charge is 2.13. The van der Waals surface area contributed by atoms with E-state index in [0.29, 0.717) is 0 Å². The van der Waals surface area contributed by atoms with Crippen molar-refractivity contribution in [3.63, 3.8) is 0 Å². The molecule has 4 heteroatoms. The molecule has 0 unspecified atom stereocenters. The molecule has 2 heterocycles. The summed E-state index contributed by atoms with van der Waals surface area (Å²) in [4.78, 5) is 2.53. The maximum atomic E-state index is 5.42. The zero-order valence-corrected chi connectivity index (χ0v) is 11.7. The first kappa shape index (κ1) is 11.6. The minimum Gasteiger partial charge on any atom is -0.496 e. The van der Waals surface area contributed by atoms with Gasteiger partial charge < -0.3 is 9.47 Å². The fourth-order valence-corrected chi connectivity index (χ4v) is 3.94. The van der Waals surface area contributed by atoms with Gasteiger partial charge in [-0.3, -0.25) is 0 Å². The summed E-state index contributed by atoms with van der Waals surface area (Å²) in [5.74, 6) is 1.79. The van der Waals surface area contributed by atoms with E-state index in [4.69, 9.17) is 9.47 Å². The summed E-state index contributed by atoms with van der Waals surface area (Å²) in [5.41, 5.74) is 0. The summed E-state index contributed by atoms with van der Waals surface area (Å²) in [6.45, 7) is 0. The minimum atomic E-state index is 0.893. The average Bonchev–Trinajstić information content (AvgIpc) is 3.05. The van der Waals surface area contributed by atoms with Crippen molar-refractivity contribution in [2.45, 2.75) is 0 Å². The van der Waals surface area contributed by atoms with Crippen LogP contribution >= 0.6 is 22.7 Å². The lowest BCUT2D eigenvalue weighted by atomic mass is 10.2. The van der Waals surface area contributed by atoms with Gasteiger partial charge in [0.2, 0.25) is 0 Å². The smallest absolute Gasteiger partial charge is 0.136 e. The number of hydrogen-bond acceptors (Lipinski definition) is 4. The van der Waals surface area contributed by atoms with E-state index in [9.17, 15) is 0 Å². The molecule has 0 N–H and O–H groups in total. The van der Waals surface area contributed by atoms with Crippen LogP contribution in [0.1, 0.15) is 0 Å². The van der Waals surface area contributed by atoms with E-state index in [1.807, 2.05) is 12.1 Å². The van der Waals surface area contributed by atoms with Crippen molar-refractivity contribution < 1.29 is 9.47 Å². The third-order valence-corrected chi connectivity index (χ3v) is 5.03. The van der Waals surface area contributed by atoms with Crippen LogP contribution < -0.4 is 9.47 Å². The average molecular weight is 276 g/mol. The van der Waals surface area contributed by atoms with Crippen molar-refractivity contribution in [1.29, 1.82) is 0 Å². The van der Waals surface area contributed by atoms with Crippen LogP contribution in [0.3, 0.4) is 0 Å². The molecule has 0 fully saturated rings. The zero-order valence-electron chi connectivity index (χ0n) is 10.1. The number of hydrogen-bond donors (Lipinski definition) is 0. The Bertz CT molecular complexity index is 627. The molecule has 0 spiro atoms. The predicted molar refractivity (Wildman–Crippen MR) is 78.2 cm³/mol. The molecule has 0 radical (unpaired) electrons. The van der Waals surface area contributed by atoms with E-state index < -0.39 is 0 Å². The summed E-state index contributed by atoms with van der Waals surface area (Å²) in [6, 6.07) is 10.3. The normalized spacial score (nSPS) is 10.8. The number of benzene rings is 1. The van der Waals surface area contributed by atoms with Crippen LogP contribution in [0.15, 0.2) is 35.7 Å². The van der Waals surface area contributed by atoms with Crippen molar-refractivity contribution >= 4 is 32.8 Å². The van der Waals surface area contributed by atoms with E-state index in [-0.39, 0.29) is 0 Å². The third-order valence-electron chi connectivity index (χ3n) is 2.81. The molecule has 3 aromatic rings. The summed E-state index contributed by atoms with van der Waals surface area (Å²) < 4.78 is 12.0. The third kappa shape index (κ3) is 1.78. The number of fused-ring (bicyclic) bond motifs is 1. The first-order chi connectivity index (χ1) is 8.83. The molecule has 0 amide bonds. The Labute approximate surface area is 113 Å². The molecule has 0 aliphatic heterocycles. The lowest BCUT2D eigenvalue weighted by molar-refractivity contribution is 0.411. The molecule has 3 rings (SSSR count). The standard InChI is InChI=1S/C14H12O2S2/c1-15-10-5-6-11(16-2)14-9(10)8-13(18-14)12-4-3-7-17-12/h3-8H,1-2H3. The topological polar surface area (TPSA) is 18.5 Å². The Morgan fingerprint density at radius 3 is 2.39 bits per heavy atom. The number of rotatable bonds is 3. The van der Waals surface area contributed by atoms with Crippen LogP contribution in [0.4, 0.5) is 0 Å². The maximum Gasteiger partial charge on any atom is 0.136 e. The molecule has 18 heavy (non-hydrogen) atoms. The van der Waals surface area contributed by atoms with E-state index in [2.05, 4.69) is 23.6 Å². The van der Waals surface area contributed by atoms with Crippen molar-refractivity contribution in [1.82, 2.24) is 0 Å². The maximum absolute atomic E-state index is 5.42. The fourth-order valence-electron chi connectivity index (χ4n) is 1.95. The van der Waals surface area contributed by atoms with Gasteiger partial charge in [0.25, 0.3) is 0 Å². The van der Waals surface area contributed by atoms with Gasteiger partial charge in [0, 0.05) is 15.1 Å². The number of ether oxygens (including phenoxy) is 2. The van der Waals surface area contributed by atoms with Gasteiger partial charge in [-0.05, 0) is 29.6 Å². The van der Waals surface area contributed by atoms with Gasteiger partial charge in [0.05, 0.1) is 18.9 Å². The number of methoxy groups -OCH3 is 2. The first-order valence-corrected chi connectivity index (χ1v) is 7.21. The second kappa shape index (κ2) is 4.63. The summed E-state index contributed by atoms with van der Waals surface area (Å²) >= 11 is 3.49. The van der Waals surface area contributed by atoms with Crippen LogP contribution in [0.25, 0.3) is 19.8 Å². The van der Waals surface area contributed by atoms with Crippen molar-refractivity contribution in [3.8, 4) is 21.3 Å². The highest BCUT2D eigenvalue weighted by Crippen LogP contribution is 2.43. The molecule has 1 aromatic carbocycles. The molecule has 92 valence electrons. The van der Waals surface area contributed by atoms with E-state index in [0.717, 1.165) is 21.6 Å². The van der Waals surface area contributed by atoms with Gasteiger partial charge in [-0.15, -0.1) is 22.7 Å². The Morgan fingerprint density at radius 1 is 0.944 bits per heavy atom. The second-order valence-corrected chi connectivity index (χ2v) is 5.80. The Kier molecular flexibility index (Phi) is 2.97. The molecule has 0 aliphatic rings. The minimum absolute atomic E-state index is 0.893. The lowest BCUT2D eigenvalue weighted by Crippen LogP contribution is -1.86. The Balaban J connectivity index is 2.26. The second-order valence-electron chi connectivity index (χ2n) is 3.80.